The van der Waals surface area contributed by atoms with Crippen molar-refractivity contribution in [1.82, 2.24) is 4.57 Å². The Labute approximate surface area is 169 Å². The van der Waals surface area contributed by atoms with E-state index in [1.807, 2.05) is 18.2 Å². The molecular weight excluding hydrogens is 385 g/mol. The smallest absolute Gasteiger partial charge is 0.250 e. The zero-order valence-electron chi connectivity index (χ0n) is 14.8. The van der Waals surface area contributed by atoms with Gasteiger partial charge >= 0.3 is 0 Å². The summed E-state index contributed by atoms with van der Waals surface area (Å²) in [4.78, 5) is 24.9. The van der Waals surface area contributed by atoms with Crippen LogP contribution in [0, 0.1) is 17.8 Å². The Morgan fingerprint density at radius 3 is 2.63 bits per heavy atom. The van der Waals surface area contributed by atoms with Crippen LogP contribution in [0.25, 0.3) is 0 Å². The first-order chi connectivity index (χ1) is 12.5. The quantitative estimate of drug-likeness (QED) is 0.815. The van der Waals surface area contributed by atoms with Crippen LogP contribution in [0.15, 0.2) is 47.4 Å². The SMILES string of the molecule is Cl.NC1C2CCC(C2)C1C(=O)Nc1ccc(=O)n(Cc2ccccc2Cl)c1. The number of nitrogens with zero attached hydrogens (tertiary/aromatic N) is 1. The second-order valence-corrected chi connectivity index (χ2v) is 7.81. The van der Waals surface area contributed by atoms with E-state index in [0.29, 0.717) is 29.1 Å². The Bertz CT molecular complexity index is 897. The van der Waals surface area contributed by atoms with Gasteiger partial charge in [-0.15, -0.1) is 12.4 Å². The van der Waals surface area contributed by atoms with Gasteiger partial charge in [-0.25, -0.2) is 0 Å². The highest BCUT2D eigenvalue weighted by atomic mass is 35.5. The molecule has 5 nitrogen and oxygen atoms in total. The van der Waals surface area contributed by atoms with Crippen molar-refractivity contribution >= 4 is 35.6 Å². The number of carbonyl (C=O) groups is 1. The maximum absolute atomic E-state index is 12.7. The van der Waals surface area contributed by atoms with Crippen molar-refractivity contribution in [3.63, 3.8) is 0 Å². The minimum atomic E-state index is -0.139. The lowest BCUT2D eigenvalue weighted by Gasteiger charge is -2.27. The highest BCUT2D eigenvalue weighted by Crippen LogP contribution is 2.47. The number of amides is 1. The molecule has 0 radical (unpaired) electrons. The number of carbonyl (C=O) groups excluding carboxylic acids is 1. The lowest BCUT2D eigenvalue weighted by Crippen LogP contribution is -2.42. The summed E-state index contributed by atoms with van der Waals surface area (Å²) in [5, 5.41) is 3.57. The fourth-order valence-electron chi connectivity index (χ4n) is 4.49. The molecule has 4 unspecified atom stereocenters. The molecule has 4 rings (SSSR count). The summed E-state index contributed by atoms with van der Waals surface area (Å²) in [6.45, 7) is 0.357. The van der Waals surface area contributed by atoms with E-state index in [1.165, 1.54) is 6.07 Å². The Morgan fingerprint density at radius 2 is 1.93 bits per heavy atom. The molecular formula is C20H23Cl2N3O2. The summed E-state index contributed by atoms with van der Waals surface area (Å²) in [6, 6.07) is 10.5. The number of hydrogen-bond donors (Lipinski definition) is 2. The van der Waals surface area contributed by atoms with Crippen molar-refractivity contribution in [2.75, 3.05) is 5.32 Å². The van der Waals surface area contributed by atoms with Gasteiger partial charge in [0.15, 0.2) is 0 Å². The van der Waals surface area contributed by atoms with Gasteiger partial charge in [0.05, 0.1) is 18.2 Å². The highest BCUT2D eigenvalue weighted by Gasteiger charge is 2.49. The molecule has 7 heteroatoms. The number of fused-ring (bicyclic) bond motifs is 2. The van der Waals surface area contributed by atoms with Crippen LogP contribution in [0.4, 0.5) is 5.69 Å². The summed E-state index contributed by atoms with van der Waals surface area (Å²) < 4.78 is 1.55. The molecule has 2 bridgehead atoms. The van der Waals surface area contributed by atoms with E-state index in [-0.39, 0.29) is 35.8 Å². The van der Waals surface area contributed by atoms with Gasteiger partial charge in [0.25, 0.3) is 5.56 Å². The van der Waals surface area contributed by atoms with Crippen LogP contribution in [0.5, 0.6) is 0 Å². The second kappa shape index (κ2) is 8.05. The van der Waals surface area contributed by atoms with Gasteiger partial charge in [0, 0.05) is 23.3 Å². The molecule has 2 aromatic rings. The van der Waals surface area contributed by atoms with E-state index in [2.05, 4.69) is 5.32 Å². The van der Waals surface area contributed by atoms with Crippen molar-refractivity contribution in [1.29, 1.82) is 0 Å². The molecule has 2 saturated carbocycles. The summed E-state index contributed by atoms with van der Waals surface area (Å²) in [7, 11) is 0. The van der Waals surface area contributed by atoms with Gasteiger partial charge < -0.3 is 15.6 Å². The maximum atomic E-state index is 12.7. The lowest BCUT2D eigenvalue weighted by atomic mass is 9.84. The van der Waals surface area contributed by atoms with Gasteiger partial charge in [-0.1, -0.05) is 29.8 Å². The number of anilines is 1. The van der Waals surface area contributed by atoms with E-state index in [1.54, 1.807) is 22.9 Å². The maximum Gasteiger partial charge on any atom is 0.250 e. The first kappa shape index (κ1) is 19.9. The van der Waals surface area contributed by atoms with Crippen LogP contribution in [0.1, 0.15) is 24.8 Å². The van der Waals surface area contributed by atoms with E-state index >= 15 is 0 Å². The third-order valence-corrected chi connectivity index (χ3v) is 6.20. The van der Waals surface area contributed by atoms with Gasteiger partial charge in [-0.3, -0.25) is 9.59 Å². The fourth-order valence-corrected chi connectivity index (χ4v) is 4.68. The first-order valence-corrected chi connectivity index (χ1v) is 9.41. The number of nitrogens with one attached hydrogen (secondary N) is 1. The van der Waals surface area contributed by atoms with Gasteiger partial charge in [-0.05, 0) is 48.8 Å². The third-order valence-electron chi connectivity index (χ3n) is 5.83. The molecule has 1 amide bonds. The standard InChI is InChI=1S/C20H22ClN3O2.ClH/c21-16-4-2-1-3-14(16)10-24-11-15(7-8-17(24)25)23-20(26)18-12-5-6-13(9-12)19(18)22;/h1-4,7-8,11-13,18-19H,5-6,9-10,22H2,(H,23,26);1H. The summed E-state index contributed by atoms with van der Waals surface area (Å²) in [5.41, 5.74) is 7.59. The number of rotatable bonds is 4. The Balaban J connectivity index is 0.00000210. The van der Waals surface area contributed by atoms with E-state index in [0.717, 1.165) is 24.8 Å². The topological polar surface area (TPSA) is 77.1 Å². The Kier molecular flexibility index (Phi) is 5.94. The molecule has 0 saturated heterocycles. The average Bonchev–Trinajstić information content (AvgIpc) is 3.21. The first-order valence-electron chi connectivity index (χ1n) is 9.03. The number of aromatic nitrogens is 1. The predicted molar refractivity (Wildman–Crippen MR) is 109 cm³/mol. The molecule has 144 valence electrons. The van der Waals surface area contributed by atoms with Gasteiger partial charge in [-0.2, -0.15) is 0 Å². The zero-order chi connectivity index (χ0) is 18.3. The molecule has 2 aliphatic carbocycles. The molecule has 3 N–H and O–H groups in total. The minimum absolute atomic E-state index is 0. The average molecular weight is 408 g/mol. The number of pyridine rings is 1. The largest absolute Gasteiger partial charge is 0.327 e. The molecule has 2 fully saturated rings. The Hall–Kier alpha value is -1.82. The highest BCUT2D eigenvalue weighted by molar-refractivity contribution is 6.31. The fraction of sp³-hybridized carbons (Fsp3) is 0.400. The van der Waals surface area contributed by atoms with Crippen LogP contribution in [-0.4, -0.2) is 16.5 Å². The normalized spacial score (nSPS) is 25.9. The van der Waals surface area contributed by atoms with Crippen molar-refractivity contribution in [3.8, 4) is 0 Å². The van der Waals surface area contributed by atoms with Gasteiger partial charge in [0.1, 0.15) is 0 Å². The summed E-state index contributed by atoms with van der Waals surface area (Å²) >= 11 is 6.19. The minimum Gasteiger partial charge on any atom is -0.327 e. The van der Waals surface area contributed by atoms with E-state index < -0.39 is 0 Å². The van der Waals surface area contributed by atoms with E-state index in [4.69, 9.17) is 17.3 Å². The van der Waals surface area contributed by atoms with Crippen LogP contribution in [-0.2, 0) is 11.3 Å². The van der Waals surface area contributed by atoms with Crippen LogP contribution in [0.3, 0.4) is 0 Å². The number of halogens is 2. The molecule has 0 spiro atoms. The molecule has 1 heterocycles. The number of benzene rings is 1. The van der Waals surface area contributed by atoms with Crippen molar-refractivity contribution < 1.29 is 4.79 Å². The van der Waals surface area contributed by atoms with Crippen LogP contribution >= 0.6 is 24.0 Å². The molecule has 1 aromatic heterocycles. The van der Waals surface area contributed by atoms with Crippen molar-refractivity contribution in [2.45, 2.75) is 31.8 Å². The molecule has 0 aliphatic heterocycles. The summed E-state index contributed by atoms with van der Waals surface area (Å²) in [6.07, 6.45) is 4.95. The zero-order valence-corrected chi connectivity index (χ0v) is 16.4. The third kappa shape index (κ3) is 3.91. The van der Waals surface area contributed by atoms with Crippen molar-refractivity contribution in [2.24, 2.45) is 23.5 Å². The van der Waals surface area contributed by atoms with Crippen LogP contribution < -0.4 is 16.6 Å². The number of nitrogens with two attached hydrogens (primary N) is 1. The predicted octanol–water partition coefficient (Wildman–Crippen LogP) is 3.28. The van der Waals surface area contributed by atoms with Crippen molar-refractivity contribution in [3.05, 3.63) is 63.5 Å². The van der Waals surface area contributed by atoms with Crippen LogP contribution in [0.2, 0.25) is 5.02 Å². The monoisotopic (exact) mass is 407 g/mol. The number of hydrogen-bond acceptors (Lipinski definition) is 3. The van der Waals surface area contributed by atoms with Gasteiger partial charge in [0.2, 0.25) is 5.91 Å². The summed E-state index contributed by atoms with van der Waals surface area (Å²) in [5.74, 6) is 0.708. The molecule has 1 aromatic carbocycles. The van der Waals surface area contributed by atoms with E-state index in [9.17, 15) is 9.59 Å². The lowest BCUT2D eigenvalue weighted by molar-refractivity contribution is -0.121. The molecule has 4 atom stereocenters. The molecule has 2 aliphatic rings. The molecule has 27 heavy (non-hydrogen) atoms. The second-order valence-electron chi connectivity index (χ2n) is 7.40. The Morgan fingerprint density at radius 1 is 1.19 bits per heavy atom.